The zero-order valence-corrected chi connectivity index (χ0v) is 20.5. The van der Waals surface area contributed by atoms with Crippen LogP contribution in [0.5, 0.6) is 0 Å². The van der Waals surface area contributed by atoms with Crippen LogP contribution in [0.3, 0.4) is 0 Å². The minimum Gasteiger partial charge on any atom is -0.497 e. The fourth-order valence-corrected chi connectivity index (χ4v) is 3.58. The Morgan fingerprint density at radius 3 is 2.24 bits per heavy atom. The predicted molar refractivity (Wildman–Crippen MR) is 125 cm³/mol. The molecule has 0 aliphatic carbocycles. The molecule has 1 aliphatic rings. The monoisotopic (exact) mass is 499 g/mol. The van der Waals surface area contributed by atoms with Gasteiger partial charge in [-0.1, -0.05) is 37.0 Å². The van der Waals surface area contributed by atoms with E-state index in [-0.39, 0.29) is 42.2 Å². The average molecular weight is 500 g/mol. The highest BCUT2D eigenvalue weighted by molar-refractivity contribution is 6.51. The number of benzene rings is 1. The number of nitrogens with one attached hydrogen (secondary N) is 2. The number of carbonyl (C=O) groups is 4. The van der Waals surface area contributed by atoms with E-state index in [1.807, 2.05) is 27.7 Å². The van der Waals surface area contributed by atoms with Gasteiger partial charge in [0.1, 0.15) is 0 Å². The largest absolute Gasteiger partial charge is 0.622 e. The van der Waals surface area contributed by atoms with Gasteiger partial charge in [0.15, 0.2) is 0 Å². The van der Waals surface area contributed by atoms with Gasteiger partial charge in [-0.3, -0.25) is 24.1 Å². The van der Waals surface area contributed by atoms with Crippen molar-refractivity contribution in [1.82, 2.24) is 15.5 Å². The number of carbonyl (C=O) groups excluding carboxylic acids is 4. The molecule has 1 saturated heterocycles. The first-order chi connectivity index (χ1) is 15.5. The highest BCUT2D eigenvalue weighted by Gasteiger charge is 2.41. The van der Waals surface area contributed by atoms with Crippen LogP contribution in [-0.4, -0.2) is 67.4 Å². The van der Waals surface area contributed by atoms with E-state index < -0.39 is 36.8 Å². The fourth-order valence-electron chi connectivity index (χ4n) is 3.21. The molecule has 2 amide bonds. The molecule has 0 unspecified atom stereocenters. The second-order valence-electron chi connectivity index (χ2n) is 8.46. The summed E-state index contributed by atoms with van der Waals surface area (Å²) < 4.78 is 10.7. The van der Waals surface area contributed by atoms with E-state index in [0.29, 0.717) is 11.4 Å². The van der Waals surface area contributed by atoms with Gasteiger partial charge in [0, 0.05) is 11.1 Å². The second-order valence-corrected chi connectivity index (χ2v) is 9.30. The maximum Gasteiger partial charge on any atom is 0.622 e. The molecule has 1 aromatic carbocycles. The SMILES string of the molecule is CC(C)C[C@H](NC(=O)CNC(=O)c1cc(Cl)ccc1Cl)B1OC(=O)CN(C(C)C)CC(=O)O1. The summed E-state index contributed by atoms with van der Waals surface area (Å²) in [6.45, 7) is 7.03. The zero-order valence-electron chi connectivity index (χ0n) is 19.0. The van der Waals surface area contributed by atoms with Crippen molar-refractivity contribution in [2.45, 2.75) is 46.1 Å². The first-order valence-electron chi connectivity index (χ1n) is 10.6. The van der Waals surface area contributed by atoms with E-state index in [9.17, 15) is 19.2 Å². The third-order valence-corrected chi connectivity index (χ3v) is 5.44. The molecule has 2 N–H and O–H groups in total. The Morgan fingerprint density at radius 2 is 1.70 bits per heavy atom. The fraction of sp³-hybridized carbons (Fsp3) is 0.524. The standard InChI is InChI=1S/C21H28BCl2N3O6/c1-12(2)7-17(22-32-19(29)10-27(13(3)4)11-20(30)33-22)26-18(28)9-25-21(31)15-8-14(23)5-6-16(15)24/h5-6,8,12-13,17H,7,9-11H2,1-4H3,(H,25,31)(H,26,28)/t17-/m0/s1. The normalized spacial score (nSPS) is 16.1. The molecule has 9 nitrogen and oxygen atoms in total. The number of amides is 2. The average Bonchev–Trinajstić information content (AvgIpc) is 2.70. The molecule has 0 saturated carbocycles. The van der Waals surface area contributed by atoms with Crippen LogP contribution in [0.4, 0.5) is 0 Å². The lowest BCUT2D eigenvalue weighted by Gasteiger charge is -2.31. The summed E-state index contributed by atoms with van der Waals surface area (Å²) in [6, 6.07) is 4.37. The van der Waals surface area contributed by atoms with Crippen LogP contribution in [0, 0.1) is 5.92 Å². The molecule has 12 heteroatoms. The third kappa shape index (κ3) is 8.53. The van der Waals surface area contributed by atoms with Crippen molar-refractivity contribution in [2.75, 3.05) is 19.6 Å². The topological polar surface area (TPSA) is 114 Å². The van der Waals surface area contributed by atoms with Crippen LogP contribution < -0.4 is 10.6 Å². The van der Waals surface area contributed by atoms with Crippen molar-refractivity contribution >= 4 is 54.1 Å². The molecule has 0 spiro atoms. The minimum atomic E-state index is -1.27. The number of hydrogen-bond donors (Lipinski definition) is 2. The van der Waals surface area contributed by atoms with Crippen LogP contribution in [-0.2, 0) is 23.7 Å². The Kier molecular flexibility index (Phi) is 10.0. The van der Waals surface area contributed by atoms with Crippen molar-refractivity contribution in [3.05, 3.63) is 33.8 Å². The minimum absolute atomic E-state index is 0.0515. The summed E-state index contributed by atoms with van der Waals surface area (Å²) in [5.74, 6) is -2.95. The summed E-state index contributed by atoms with van der Waals surface area (Å²) in [5.41, 5.74) is 0.133. The van der Waals surface area contributed by atoms with Gasteiger partial charge in [-0.15, -0.1) is 0 Å². The molecule has 1 aliphatic heterocycles. The smallest absolute Gasteiger partial charge is 0.497 e. The maximum absolute atomic E-state index is 12.5. The molecule has 0 bridgehead atoms. The van der Waals surface area contributed by atoms with Gasteiger partial charge < -0.3 is 19.9 Å². The Bertz CT molecular complexity index is 879. The van der Waals surface area contributed by atoms with Gasteiger partial charge in [0.2, 0.25) is 5.91 Å². The first-order valence-corrected chi connectivity index (χ1v) is 11.4. The van der Waals surface area contributed by atoms with Crippen LogP contribution in [0.1, 0.15) is 44.5 Å². The Hall–Kier alpha value is -2.30. The lowest BCUT2D eigenvalue weighted by Crippen LogP contribution is -2.56. The van der Waals surface area contributed by atoms with Gasteiger partial charge in [-0.2, -0.15) is 0 Å². The van der Waals surface area contributed by atoms with Gasteiger partial charge in [-0.05, 0) is 44.4 Å². The van der Waals surface area contributed by atoms with E-state index in [0.717, 1.165) is 0 Å². The summed E-state index contributed by atoms with van der Waals surface area (Å²) >= 11 is 11.9. The highest BCUT2D eigenvalue weighted by Crippen LogP contribution is 2.20. The Labute approximate surface area is 203 Å². The van der Waals surface area contributed by atoms with E-state index in [1.54, 1.807) is 11.0 Å². The number of halogens is 2. The van der Waals surface area contributed by atoms with Crippen molar-refractivity contribution in [1.29, 1.82) is 0 Å². The molecule has 1 atom stereocenters. The van der Waals surface area contributed by atoms with Crippen molar-refractivity contribution in [3.63, 3.8) is 0 Å². The summed E-state index contributed by atoms with van der Waals surface area (Å²) in [6.07, 6.45) is 0.374. The summed E-state index contributed by atoms with van der Waals surface area (Å²) in [7, 11) is -1.27. The van der Waals surface area contributed by atoms with Crippen molar-refractivity contribution in [2.24, 2.45) is 5.92 Å². The van der Waals surface area contributed by atoms with Gasteiger partial charge in [-0.25, -0.2) is 0 Å². The zero-order chi connectivity index (χ0) is 24.7. The molecule has 0 radical (unpaired) electrons. The van der Waals surface area contributed by atoms with E-state index in [1.165, 1.54) is 12.1 Å². The van der Waals surface area contributed by atoms with E-state index in [4.69, 9.17) is 32.5 Å². The quantitative estimate of drug-likeness (QED) is 0.526. The highest BCUT2D eigenvalue weighted by atomic mass is 35.5. The number of nitrogens with zero attached hydrogens (tertiary/aromatic N) is 1. The molecule has 33 heavy (non-hydrogen) atoms. The number of hydrogen-bond acceptors (Lipinski definition) is 7. The molecule has 1 aromatic rings. The number of rotatable bonds is 8. The maximum atomic E-state index is 12.5. The molecular formula is C21H28BCl2N3O6. The first kappa shape index (κ1) is 27.0. The van der Waals surface area contributed by atoms with Crippen molar-refractivity contribution < 1.29 is 28.5 Å². The van der Waals surface area contributed by atoms with Crippen LogP contribution >= 0.6 is 23.2 Å². The second kappa shape index (κ2) is 12.2. The van der Waals surface area contributed by atoms with Crippen molar-refractivity contribution in [3.8, 4) is 0 Å². The Morgan fingerprint density at radius 1 is 1.09 bits per heavy atom. The van der Waals surface area contributed by atoms with Crippen LogP contribution in [0.25, 0.3) is 0 Å². The van der Waals surface area contributed by atoms with Gasteiger partial charge >= 0.3 is 19.1 Å². The lowest BCUT2D eigenvalue weighted by molar-refractivity contribution is -0.148. The summed E-state index contributed by atoms with van der Waals surface area (Å²) in [5, 5.41) is 5.69. The van der Waals surface area contributed by atoms with E-state index in [2.05, 4.69) is 10.6 Å². The van der Waals surface area contributed by atoms with Crippen LogP contribution in [0.2, 0.25) is 10.0 Å². The Balaban J connectivity index is 2.04. The molecule has 180 valence electrons. The van der Waals surface area contributed by atoms with E-state index >= 15 is 0 Å². The third-order valence-electron chi connectivity index (χ3n) is 4.87. The molecule has 0 aromatic heterocycles. The molecule has 1 heterocycles. The lowest BCUT2D eigenvalue weighted by atomic mass is 9.73. The predicted octanol–water partition coefficient (Wildman–Crippen LogP) is 2.09. The van der Waals surface area contributed by atoms with Gasteiger partial charge in [0.05, 0.1) is 36.2 Å². The van der Waals surface area contributed by atoms with Crippen LogP contribution in [0.15, 0.2) is 18.2 Å². The molecule has 1 fully saturated rings. The van der Waals surface area contributed by atoms with Gasteiger partial charge in [0.25, 0.3) is 5.91 Å². The molecule has 2 rings (SSSR count). The summed E-state index contributed by atoms with van der Waals surface area (Å²) in [4.78, 5) is 51.2. The molecular weight excluding hydrogens is 472 g/mol.